The van der Waals surface area contributed by atoms with Gasteiger partial charge < -0.3 is 9.88 Å². The van der Waals surface area contributed by atoms with Crippen LogP contribution in [0.5, 0.6) is 0 Å². The number of hydrogen-bond donors (Lipinski definition) is 1. The van der Waals surface area contributed by atoms with Gasteiger partial charge in [-0.3, -0.25) is 9.69 Å². The molecule has 2 heterocycles. The van der Waals surface area contributed by atoms with Crippen LogP contribution in [0, 0.1) is 5.92 Å². The van der Waals surface area contributed by atoms with Gasteiger partial charge in [0.05, 0.1) is 0 Å². The van der Waals surface area contributed by atoms with E-state index in [1.807, 2.05) is 11.8 Å². The zero-order valence-electron chi connectivity index (χ0n) is 12.3. The van der Waals surface area contributed by atoms with Crippen LogP contribution in [0.2, 0.25) is 0 Å². The molecule has 0 bridgehead atoms. The lowest BCUT2D eigenvalue weighted by atomic mass is 10.2. The molecule has 1 aromatic rings. The van der Waals surface area contributed by atoms with Crippen LogP contribution < -0.4 is 10.9 Å². The first kappa shape index (κ1) is 15.4. The average Bonchev–Trinajstić information content (AvgIpc) is 2.43. The van der Waals surface area contributed by atoms with E-state index >= 15 is 0 Å². The van der Waals surface area contributed by atoms with E-state index in [4.69, 9.17) is 0 Å². The number of hydrogen-bond acceptors (Lipinski definition) is 5. The van der Waals surface area contributed by atoms with Crippen LogP contribution in [0.4, 0.5) is 5.82 Å². The molecular formula is C14H24N4OS. The molecule has 2 rings (SSSR count). The lowest BCUT2D eigenvalue weighted by Gasteiger charge is -2.26. The van der Waals surface area contributed by atoms with Gasteiger partial charge in [0.1, 0.15) is 0 Å². The molecule has 1 fully saturated rings. The Labute approximate surface area is 124 Å². The first-order chi connectivity index (χ1) is 9.66. The Bertz CT molecular complexity index is 468. The SMILES string of the molecule is CC(C)Cn1ccnc(NCCN2CCSCC2)c1=O. The van der Waals surface area contributed by atoms with Crippen molar-refractivity contribution in [1.82, 2.24) is 14.5 Å². The van der Waals surface area contributed by atoms with E-state index in [0.29, 0.717) is 11.7 Å². The lowest BCUT2D eigenvalue weighted by molar-refractivity contribution is 0.314. The Morgan fingerprint density at radius 3 is 2.85 bits per heavy atom. The standard InChI is InChI=1S/C14H24N4OS/c1-12(2)11-18-6-4-16-13(14(18)19)15-3-5-17-7-9-20-10-8-17/h4,6,12H,3,5,7-11H2,1-2H3,(H,15,16). The molecule has 0 aromatic carbocycles. The molecule has 0 unspecified atom stereocenters. The summed E-state index contributed by atoms with van der Waals surface area (Å²) in [7, 11) is 0. The summed E-state index contributed by atoms with van der Waals surface area (Å²) in [5.74, 6) is 3.35. The van der Waals surface area contributed by atoms with Crippen LogP contribution in [0.3, 0.4) is 0 Å². The maximum absolute atomic E-state index is 12.2. The van der Waals surface area contributed by atoms with Gasteiger partial charge in [-0.15, -0.1) is 0 Å². The Morgan fingerprint density at radius 1 is 1.40 bits per heavy atom. The molecule has 6 heteroatoms. The minimum absolute atomic E-state index is 0.0181. The predicted octanol–water partition coefficient (Wildman–Crippen LogP) is 1.36. The van der Waals surface area contributed by atoms with E-state index in [0.717, 1.165) is 32.7 Å². The largest absolute Gasteiger partial charge is 0.364 e. The van der Waals surface area contributed by atoms with E-state index in [1.165, 1.54) is 11.5 Å². The summed E-state index contributed by atoms with van der Waals surface area (Å²) in [4.78, 5) is 18.8. The second-order valence-corrected chi connectivity index (χ2v) is 6.73. The summed E-state index contributed by atoms with van der Waals surface area (Å²) in [6, 6.07) is 0. The summed E-state index contributed by atoms with van der Waals surface area (Å²) in [6.07, 6.45) is 3.46. The fraction of sp³-hybridized carbons (Fsp3) is 0.714. The van der Waals surface area contributed by atoms with Gasteiger partial charge in [0.25, 0.3) is 5.56 Å². The van der Waals surface area contributed by atoms with Crippen molar-refractivity contribution in [2.45, 2.75) is 20.4 Å². The highest BCUT2D eigenvalue weighted by molar-refractivity contribution is 7.99. The Morgan fingerprint density at radius 2 is 2.15 bits per heavy atom. The van der Waals surface area contributed by atoms with Crippen molar-refractivity contribution in [3.8, 4) is 0 Å². The van der Waals surface area contributed by atoms with Gasteiger partial charge in [0.2, 0.25) is 0 Å². The number of nitrogens with zero attached hydrogens (tertiary/aromatic N) is 3. The third kappa shape index (κ3) is 4.52. The van der Waals surface area contributed by atoms with E-state index in [9.17, 15) is 4.79 Å². The zero-order chi connectivity index (χ0) is 14.4. The van der Waals surface area contributed by atoms with Crippen molar-refractivity contribution in [2.24, 2.45) is 5.92 Å². The second-order valence-electron chi connectivity index (χ2n) is 5.51. The van der Waals surface area contributed by atoms with Crippen molar-refractivity contribution in [1.29, 1.82) is 0 Å². The van der Waals surface area contributed by atoms with Gasteiger partial charge >= 0.3 is 0 Å². The van der Waals surface area contributed by atoms with Gasteiger partial charge in [-0.1, -0.05) is 13.8 Å². The van der Waals surface area contributed by atoms with Crippen LogP contribution in [-0.2, 0) is 6.54 Å². The topological polar surface area (TPSA) is 50.2 Å². The smallest absolute Gasteiger partial charge is 0.293 e. The van der Waals surface area contributed by atoms with E-state index < -0.39 is 0 Å². The molecule has 1 saturated heterocycles. The first-order valence-corrected chi connectivity index (χ1v) is 8.41. The van der Waals surface area contributed by atoms with Gasteiger partial charge in [-0.25, -0.2) is 4.98 Å². The van der Waals surface area contributed by atoms with Crippen LogP contribution in [0.25, 0.3) is 0 Å². The number of anilines is 1. The Balaban J connectivity index is 1.87. The fourth-order valence-electron chi connectivity index (χ4n) is 2.26. The van der Waals surface area contributed by atoms with Gasteiger partial charge in [-0.05, 0) is 5.92 Å². The van der Waals surface area contributed by atoms with E-state index in [-0.39, 0.29) is 5.56 Å². The van der Waals surface area contributed by atoms with Crippen molar-refractivity contribution >= 4 is 17.6 Å². The lowest BCUT2D eigenvalue weighted by Crippen LogP contribution is -2.37. The molecule has 112 valence electrons. The monoisotopic (exact) mass is 296 g/mol. The molecule has 1 N–H and O–H groups in total. The second kappa shape index (κ2) is 7.69. The summed E-state index contributed by atoms with van der Waals surface area (Å²) in [6.45, 7) is 8.99. The summed E-state index contributed by atoms with van der Waals surface area (Å²) >= 11 is 2.01. The summed E-state index contributed by atoms with van der Waals surface area (Å²) in [5.41, 5.74) is -0.0181. The van der Waals surface area contributed by atoms with E-state index in [1.54, 1.807) is 17.0 Å². The predicted molar refractivity (Wildman–Crippen MR) is 85.6 cm³/mol. The van der Waals surface area contributed by atoms with Crippen LogP contribution in [-0.4, -0.2) is 52.1 Å². The van der Waals surface area contributed by atoms with Crippen molar-refractivity contribution in [3.05, 3.63) is 22.7 Å². The molecule has 0 radical (unpaired) electrons. The number of rotatable bonds is 6. The first-order valence-electron chi connectivity index (χ1n) is 7.26. The molecule has 1 aromatic heterocycles. The molecule has 0 atom stereocenters. The Hall–Kier alpha value is -1.01. The molecule has 5 nitrogen and oxygen atoms in total. The highest BCUT2D eigenvalue weighted by Crippen LogP contribution is 2.08. The molecule has 0 saturated carbocycles. The molecule has 1 aliphatic heterocycles. The highest BCUT2D eigenvalue weighted by atomic mass is 32.2. The quantitative estimate of drug-likeness (QED) is 0.859. The van der Waals surface area contributed by atoms with Crippen molar-refractivity contribution in [3.63, 3.8) is 0 Å². The molecule has 0 aliphatic carbocycles. The maximum Gasteiger partial charge on any atom is 0.293 e. The van der Waals surface area contributed by atoms with Gasteiger partial charge in [-0.2, -0.15) is 11.8 Å². The normalized spacial score (nSPS) is 16.6. The molecule has 0 spiro atoms. The maximum atomic E-state index is 12.2. The minimum atomic E-state index is -0.0181. The van der Waals surface area contributed by atoms with E-state index in [2.05, 4.69) is 29.0 Å². The van der Waals surface area contributed by atoms with Gasteiger partial charge in [0.15, 0.2) is 5.82 Å². The summed E-state index contributed by atoms with van der Waals surface area (Å²) in [5, 5.41) is 3.18. The molecule has 1 aliphatic rings. The fourth-order valence-corrected chi connectivity index (χ4v) is 3.24. The third-order valence-electron chi connectivity index (χ3n) is 3.30. The Kier molecular flexibility index (Phi) is 5.91. The van der Waals surface area contributed by atoms with Crippen molar-refractivity contribution in [2.75, 3.05) is 43.0 Å². The number of aromatic nitrogens is 2. The molecular weight excluding hydrogens is 272 g/mol. The van der Waals surface area contributed by atoms with Crippen LogP contribution in [0.15, 0.2) is 17.2 Å². The summed E-state index contributed by atoms with van der Waals surface area (Å²) < 4.78 is 1.73. The van der Waals surface area contributed by atoms with Crippen LogP contribution in [0.1, 0.15) is 13.8 Å². The molecule has 20 heavy (non-hydrogen) atoms. The number of thioether (sulfide) groups is 1. The average molecular weight is 296 g/mol. The minimum Gasteiger partial charge on any atom is -0.364 e. The van der Waals surface area contributed by atoms with Gasteiger partial charge in [0, 0.05) is 56.6 Å². The zero-order valence-corrected chi connectivity index (χ0v) is 13.2. The third-order valence-corrected chi connectivity index (χ3v) is 4.24. The molecule has 0 amide bonds. The van der Waals surface area contributed by atoms with Crippen LogP contribution >= 0.6 is 11.8 Å². The van der Waals surface area contributed by atoms with Crippen molar-refractivity contribution < 1.29 is 0 Å². The highest BCUT2D eigenvalue weighted by Gasteiger charge is 2.10. The number of nitrogens with one attached hydrogen (secondary N) is 1.